The van der Waals surface area contributed by atoms with Gasteiger partial charge in [-0.1, -0.05) is 44.2 Å². The lowest BCUT2D eigenvalue weighted by Crippen LogP contribution is -2.47. The van der Waals surface area contributed by atoms with Crippen molar-refractivity contribution in [2.45, 2.75) is 51.7 Å². The molecule has 0 saturated heterocycles. The minimum Gasteiger partial charge on any atom is -0.388 e. The molecule has 0 aliphatic heterocycles. The van der Waals surface area contributed by atoms with E-state index in [4.69, 9.17) is 5.73 Å². The molecule has 0 bridgehead atoms. The third kappa shape index (κ3) is 7.25. The van der Waals surface area contributed by atoms with Crippen LogP contribution in [0.1, 0.15) is 39.2 Å². The molecule has 2 unspecified atom stereocenters. The van der Waals surface area contributed by atoms with Crippen LogP contribution in [0.3, 0.4) is 0 Å². The molecule has 0 aliphatic rings. The fraction of sp³-hybridized carbons (Fsp3) is 0.588. The predicted molar refractivity (Wildman–Crippen MR) is 85.8 cm³/mol. The van der Waals surface area contributed by atoms with Crippen molar-refractivity contribution in [1.29, 1.82) is 0 Å². The molecule has 0 saturated carbocycles. The van der Waals surface area contributed by atoms with Crippen LogP contribution in [0.15, 0.2) is 30.3 Å². The number of hydrogen-bond acceptors (Lipinski definition) is 3. The molecule has 1 aromatic carbocycles. The Labute approximate surface area is 127 Å². The molecule has 1 rings (SSSR count). The summed E-state index contributed by atoms with van der Waals surface area (Å²) in [7, 11) is 0. The number of benzene rings is 1. The molecule has 0 fully saturated rings. The van der Waals surface area contributed by atoms with Gasteiger partial charge in [-0.2, -0.15) is 0 Å². The molecule has 21 heavy (non-hydrogen) atoms. The lowest BCUT2D eigenvalue weighted by molar-refractivity contribution is -0.123. The van der Waals surface area contributed by atoms with Crippen LogP contribution >= 0.6 is 0 Å². The third-order valence-corrected chi connectivity index (χ3v) is 3.42. The lowest BCUT2D eigenvalue weighted by Gasteiger charge is -2.26. The maximum absolute atomic E-state index is 11.9. The molecule has 0 aliphatic carbocycles. The summed E-state index contributed by atoms with van der Waals surface area (Å²) in [4.78, 5) is 11.9. The van der Waals surface area contributed by atoms with Gasteiger partial charge in [0.25, 0.3) is 0 Å². The van der Waals surface area contributed by atoms with Crippen LogP contribution in [0.5, 0.6) is 0 Å². The van der Waals surface area contributed by atoms with Crippen molar-refractivity contribution in [1.82, 2.24) is 5.32 Å². The fourth-order valence-corrected chi connectivity index (χ4v) is 2.46. The summed E-state index contributed by atoms with van der Waals surface area (Å²) in [6.07, 6.45) is 2.02. The van der Waals surface area contributed by atoms with Crippen molar-refractivity contribution in [2.24, 2.45) is 11.7 Å². The number of carbonyl (C=O) groups is 1. The van der Waals surface area contributed by atoms with Crippen LogP contribution < -0.4 is 11.1 Å². The average molecular weight is 292 g/mol. The molecule has 4 nitrogen and oxygen atoms in total. The number of amides is 1. The summed E-state index contributed by atoms with van der Waals surface area (Å²) < 4.78 is 0. The number of nitrogens with two attached hydrogens (primary N) is 1. The standard InChI is InChI=1S/C17H28N2O2/c1-13(2)11-17(3,21)12-19-16(20)15(18)10-9-14-7-5-4-6-8-14/h4-8,13,15,21H,9-12,18H2,1-3H3,(H,19,20). The van der Waals surface area contributed by atoms with Crippen LogP contribution in [-0.2, 0) is 11.2 Å². The maximum Gasteiger partial charge on any atom is 0.237 e. The third-order valence-electron chi connectivity index (χ3n) is 3.42. The Kier molecular flexibility index (Phi) is 6.85. The molecule has 1 amide bonds. The van der Waals surface area contributed by atoms with Crippen LogP contribution in [0.25, 0.3) is 0 Å². The van der Waals surface area contributed by atoms with Gasteiger partial charge in [-0.3, -0.25) is 4.79 Å². The zero-order chi connectivity index (χ0) is 15.9. The first-order chi connectivity index (χ1) is 9.80. The largest absolute Gasteiger partial charge is 0.388 e. The molecule has 2 atom stereocenters. The van der Waals surface area contributed by atoms with Gasteiger partial charge in [-0.05, 0) is 37.7 Å². The summed E-state index contributed by atoms with van der Waals surface area (Å²) >= 11 is 0. The molecule has 0 aromatic heterocycles. The van der Waals surface area contributed by atoms with E-state index in [9.17, 15) is 9.90 Å². The maximum atomic E-state index is 11.9. The first-order valence-electron chi connectivity index (χ1n) is 7.60. The van der Waals surface area contributed by atoms with E-state index in [0.29, 0.717) is 18.8 Å². The minimum atomic E-state index is -0.886. The van der Waals surface area contributed by atoms with Gasteiger partial charge >= 0.3 is 0 Å². The molecule has 4 heteroatoms. The molecular formula is C17H28N2O2. The van der Waals surface area contributed by atoms with E-state index in [1.807, 2.05) is 44.2 Å². The summed E-state index contributed by atoms with van der Waals surface area (Å²) in [5.41, 5.74) is 6.19. The molecule has 118 valence electrons. The Hall–Kier alpha value is -1.39. The predicted octanol–water partition coefficient (Wildman–Crippen LogP) is 1.86. The van der Waals surface area contributed by atoms with E-state index in [0.717, 1.165) is 6.42 Å². The van der Waals surface area contributed by atoms with Gasteiger partial charge in [-0.15, -0.1) is 0 Å². The average Bonchev–Trinajstić information content (AvgIpc) is 2.42. The topological polar surface area (TPSA) is 75.3 Å². The smallest absolute Gasteiger partial charge is 0.237 e. The van der Waals surface area contributed by atoms with Gasteiger partial charge in [0.2, 0.25) is 5.91 Å². The van der Waals surface area contributed by atoms with Crippen LogP contribution in [0.2, 0.25) is 0 Å². The Bertz CT molecular complexity index is 430. The molecule has 1 aromatic rings. The second-order valence-corrected chi connectivity index (χ2v) is 6.44. The van der Waals surface area contributed by atoms with Gasteiger partial charge in [0.05, 0.1) is 11.6 Å². The number of rotatable bonds is 8. The van der Waals surface area contributed by atoms with Crippen molar-refractivity contribution in [2.75, 3.05) is 6.54 Å². The Morgan fingerprint density at radius 2 is 1.95 bits per heavy atom. The first kappa shape index (κ1) is 17.7. The molecule has 4 N–H and O–H groups in total. The number of aryl methyl sites for hydroxylation is 1. The quantitative estimate of drug-likeness (QED) is 0.684. The number of hydrogen-bond donors (Lipinski definition) is 3. The van der Waals surface area contributed by atoms with Crippen LogP contribution in [0, 0.1) is 5.92 Å². The zero-order valence-electron chi connectivity index (χ0n) is 13.3. The van der Waals surface area contributed by atoms with Gasteiger partial charge in [-0.25, -0.2) is 0 Å². The first-order valence-corrected chi connectivity index (χ1v) is 7.60. The van der Waals surface area contributed by atoms with Gasteiger partial charge < -0.3 is 16.2 Å². The highest BCUT2D eigenvalue weighted by Gasteiger charge is 2.23. The van der Waals surface area contributed by atoms with Crippen LogP contribution in [-0.4, -0.2) is 29.2 Å². The number of carbonyl (C=O) groups excluding carboxylic acids is 1. The number of aliphatic hydroxyl groups is 1. The Morgan fingerprint density at radius 1 is 1.33 bits per heavy atom. The van der Waals surface area contributed by atoms with Crippen molar-refractivity contribution in [3.63, 3.8) is 0 Å². The second-order valence-electron chi connectivity index (χ2n) is 6.44. The fourth-order valence-electron chi connectivity index (χ4n) is 2.46. The molecule has 0 spiro atoms. The normalized spacial score (nSPS) is 15.5. The van der Waals surface area contributed by atoms with E-state index in [1.54, 1.807) is 6.92 Å². The highest BCUT2D eigenvalue weighted by molar-refractivity contribution is 5.81. The molecule has 0 radical (unpaired) electrons. The summed E-state index contributed by atoms with van der Waals surface area (Å²) in [5.74, 6) is 0.179. The summed E-state index contributed by atoms with van der Waals surface area (Å²) in [6, 6.07) is 9.43. The van der Waals surface area contributed by atoms with E-state index in [1.165, 1.54) is 5.56 Å². The molecular weight excluding hydrogens is 264 g/mol. The van der Waals surface area contributed by atoms with Gasteiger partial charge in [0.1, 0.15) is 0 Å². The summed E-state index contributed by atoms with van der Waals surface area (Å²) in [6.45, 7) is 6.07. The van der Waals surface area contributed by atoms with E-state index >= 15 is 0 Å². The Morgan fingerprint density at radius 3 is 2.52 bits per heavy atom. The van der Waals surface area contributed by atoms with Crippen molar-refractivity contribution in [3.8, 4) is 0 Å². The monoisotopic (exact) mass is 292 g/mol. The van der Waals surface area contributed by atoms with Crippen LogP contribution in [0.4, 0.5) is 0 Å². The van der Waals surface area contributed by atoms with E-state index in [-0.39, 0.29) is 12.5 Å². The highest BCUT2D eigenvalue weighted by atomic mass is 16.3. The van der Waals surface area contributed by atoms with E-state index in [2.05, 4.69) is 5.32 Å². The lowest BCUT2D eigenvalue weighted by atomic mass is 9.94. The van der Waals surface area contributed by atoms with Gasteiger partial charge in [0.15, 0.2) is 0 Å². The summed E-state index contributed by atoms with van der Waals surface area (Å²) in [5, 5.41) is 12.9. The van der Waals surface area contributed by atoms with E-state index < -0.39 is 11.6 Å². The minimum absolute atomic E-state index is 0.199. The SMILES string of the molecule is CC(C)CC(C)(O)CNC(=O)C(N)CCc1ccccc1. The van der Waals surface area contributed by atoms with Crippen molar-refractivity contribution < 1.29 is 9.90 Å². The van der Waals surface area contributed by atoms with Crippen molar-refractivity contribution in [3.05, 3.63) is 35.9 Å². The van der Waals surface area contributed by atoms with Gasteiger partial charge in [0, 0.05) is 6.54 Å². The van der Waals surface area contributed by atoms with Crippen molar-refractivity contribution >= 4 is 5.91 Å². The number of nitrogens with one attached hydrogen (secondary N) is 1. The Balaban J connectivity index is 2.34. The molecule has 0 heterocycles. The highest BCUT2D eigenvalue weighted by Crippen LogP contribution is 2.15. The second kappa shape index (κ2) is 8.15. The zero-order valence-corrected chi connectivity index (χ0v) is 13.3.